The van der Waals surface area contributed by atoms with Gasteiger partial charge in [0.1, 0.15) is 5.60 Å². The predicted molar refractivity (Wildman–Crippen MR) is 80.1 cm³/mol. The number of anilines is 1. The van der Waals surface area contributed by atoms with Gasteiger partial charge in [-0.2, -0.15) is 0 Å². The summed E-state index contributed by atoms with van der Waals surface area (Å²) in [5, 5.41) is 3.34. The lowest BCUT2D eigenvalue weighted by Gasteiger charge is -2.36. The van der Waals surface area contributed by atoms with Crippen LogP contribution in [0.4, 0.5) is 5.69 Å². The summed E-state index contributed by atoms with van der Waals surface area (Å²) < 4.78 is 5.56. The zero-order valence-electron chi connectivity index (χ0n) is 11.7. The Hall–Kier alpha value is -1.55. The molecule has 1 saturated carbocycles. The zero-order chi connectivity index (χ0) is 14.9. The van der Waals surface area contributed by atoms with E-state index in [9.17, 15) is 9.59 Å². The summed E-state index contributed by atoms with van der Waals surface area (Å²) in [6, 6.07) is 7.10. The van der Waals surface area contributed by atoms with Crippen LogP contribution >= 0.6 is 11.6 Å². The van der Waals surface area contributed by atoms with Crippen molar-refractivity contribution < 1.29 is 14.3 Å². The maximum atomic E-state index is 12.6. The molecule has 1 heterocycles. The number of nitrogens with one attached hydrogen (secondary N) is 1. The molecule has 2 aliphatic rings. The summed E-state index contributed by atoms with van der Waals surface area (Å²) in [7, 11) is 0. The molecule has 3 rings (SSSR count). The summed E-state index contributed by atoms with van der Waals surface area (Å²) in [6.07, 6.45) is 4.86. The van der Waals surface area contributed by atoms with Gasteiger partial charge in [0.05, 0.1) is 23.0 Å². The lowest BCUT2D eigenvalue weighted by Crippen LogP contribution is -2.43. The van der Waals surface area contributed by atoms with Crippen LogP contribution < -0.4 is 5.32 Å². The van der Waals surface area contributed by atoms with Gasteiger partial charge in [-0.15, -0.1) is 0 Å². The molecule has 1 aliphatic heterocycles. The summed E-state index contributed by atoms with van der Waals surface area (Å²) in [5.74, 6) is -0.853. The smallest absolute Gasteiger partial charge is 0.307 e. The molecule has 1 aromatic rings. The van der Waals surface area contributed by atoms with Gasteiger partial charge in [-0.3, -0.25) is 9.59 Å². The molecule has 1 spiro atoms. The molecule has 1 N–H and O–H groups in total. The first-order chi connectivity index (χ1) is 10.1. The second-order valence-corrected chi connectivity index (χ2v) is 6.23. The average Bonchev–Trinajstić information content (AvgIpc) is 2.78. The second kappa shape index (κ2) is 5.68. The SMILES string of the molecule is O=C1C[C@@H](C(=O)Nc2ccccc2Cl)C2(CCCCC2)O1. The lowest BCUT2D eigenvalue weighted by molar-refractivity contribution is -0.153. The molecule has 1 saturated heterocycles. The van der Waals surface area contributed by atoms with Crippen molar-refractivity contribution in [3.8, 4) is 0 Å². The Morgan fingerprint density at radius 2 is 1.95 bits per heavy atom. The molecule has 0 unspecified atom stereocenters. The van der Waals surface area contributed by atoms with Crippen LogP contribution in [-0.4, -0.2) is 17.5 Å². The standard InChI is InChI=1S/C16H18ClNO3/c17-12-6-2-3-7-13(12)18-15(20)11-10-14(19)21-16(11)8-4-1-5-9-16/h2-3,6-7,11H,1,4-5,8-10H2,(H,18,20)/t11-/m0/s1. The summed E-state index contributed by atoms with van der Waals surface area (Å²) >= 11 is 6.07. The summed E-state index contributed by atoms with van der Waals surface area (Å²) in [5.41, 5.74) is -0.0183. The van der Waals surface area contributed by atoms with Gasteiger partial charge in [0.25, 0.3) is 0 Å². The van der Waals surface area contributed by atoms with Crippen LogP contribution in [0.1, 0.15) is 38.5 Å². The molecule has 0 aromatic heterocycles. The van der Waals surface area contributed by atoms with E-state index in [0.717, 1.165) is 32.1 Å². The lowest BCUT2D eigenvalue weighted by atomic mass is 9.75. The van der Waals surface area contributed by atoms with Gasteiger partial charge in [-0.1, -0.05) is 30.2 Å². The van der Waals surface area contributed by atoms with Crippen molar-refractivity contribution in [3.63, 3.8) is 0 Å². The molecular formula is C16H18ClNO3. The third kappa shape index (κ3) is 2.77. The highest BCUT2D eigenvalue weighted by atomic mass is 35.5. The van der Waals surface area contributed by atoms with Crippen LogP contribution in [0.15, 0.2) is 24.3 Å². The second-order valence-electron chi connectivity index (χ2n) is 5.83. The number of ether oxygens (including phenoxy) is 1. The number of hydrogen-bond acceptors (Lipinski definition) is 3. The zero-order valence-corrected chi connectivity index (χ0v) is 12.5. The Morgan fingerprint density at radius 3 is 2.67 bits per heavy atom. The van der Waals surface area contributed by atoms with E-state index >= 15 is 0 Å². The van der Waals surface area contributed by atoms with E-state index in [-0.39, 0.29) is 18.3 Å². The van der Waals surface area contributed by atoms with E-state index in [1.54, 1.807) is 12.1 Å². The molecule has 1 atom stereocenters. The first-order valence-corrected chi connectivity index (χ1v) is 7.76. The van der Waals surface area contributed by atoms with Crippen molar-refractivity contribution in [3.05, 3.63) is 29.3 Å². The first kappa shape index (κ1) is 14.4. The topological polar surface area (TPSA) is 55.4 Å². The van der Waals surface area contributed by atoms with E-state index in [1.165, 1.54) is 0 Å². The van der Waals surface area contributed by atoms with Gasteiger partial charge >= 0.3 is 5.97 Å². The Morgan fingerprint density at radius 1 is 1.24 bits per heavy atom. The number of carbonyl (C=O) groups is 2. The monoisotopic (exact) mass is 307 g/mol. The van der Waals surface area contributed by atoms with Gasteiger partial charge < -0.3 is 10.1 Å². The number of benzene rings is 1. The Balaban J connectivity index is 1.79. The molecule has 0 bridgehead atoms. The van der Waals surface area contributed by atoms with Crippen molar-refractivity contribution in [2.45, 2.75) is 44.1 Å². The number of halogens is 1. The van der Waals surface area contributed by atoms with E-state index in [0.29, 0.717) is 10.7 Å². The minimum absolute atomic E-state index is 0.163. The highest BCUT2D eigenvalue weighted by Crippen LogP contribution is 2.44. The molecule has 21 heavy (non-hydrogen) atoms. The normalized spacial score (nSPS) is 23.9. The van der Waals surface area contributed by atoms with Crippen LogP contribution in [0.5, 0.6) is 0 Å². The van der Waals surface area contributed by atoms with Crippen LogP contribution in [-0.2, 0) is 14.3 Å². The van der Waals surface area contributed by atoms with Crippen molar-refractivity contribution in [1.82, 2.24) is 0 Å². The number of rotatable bonds is 2. The number of esters is 1. The largest absolute Gasteiger partial charge is 0.458 e. The van der Waals surface area contributed by atoms with Crippen LogP contribution in [0.2, 0.25) is 5.02 Å². The Kier molecular flexibility index (Phi) is 3.89. The summed E-state index contributed by atoms with van der Waals surface area (Å²) in [4.78, 5) is 24.3. The molecule has 2 fully saturated rings. The third-order valence-electron chi connectivity index (χ3n) is 4.47. The minimum atomic E-state index is -0.597. The quantitative estimate of drug-likeness (QED) is 0.850. The summed E-state index contributed by atoms with van der Waals surface area (Å²) in [6.45, 7) is 0. The van der Waals surface area contributed by atoms with Gasteiger partial charge in [-0.05, 0) is 37.8 Å². The molecule has 1 aromatic carbocycles. The highest BCUT2D eigenvalue weighted by Gasteiger charge is 2.52. The van der Waals surface area contributed by atoms with Gasteiger partial charge in [0.2, 0.25) is 5.91 Å². The average molecular weight is 308 g/mol. The van der Waals surface area contributed by atoms with Gasteiger partial charge in [0.15, 0.2) is 0 Å². The molecule has 5 heteroatoms. The highest BCUT2D eigenvalue weighted by molar-refractivity contribution is 6.33. The minimum Gasteiger partial charge on any atom is -0.458 e. The van der Waals surface area contributed by atoms with Crippen LogP contribution in [0, 0.1) is 5.92 Å². The predicted octanol–water partition coefficient (Wildman–Crippen LogP) is 3.54. The van der Waals surface area contributed by atoms with Crippen molar-refractivity contribution in [2.24, 2.45) is 5.92 Å². The number of para-hydroxylation sites is 1. The number of hydrogen-bond donors (Lipinski definition) is 1. The molecule has 4 nitrogen and oxygen atoms in total. The molecule has 1 aliphatic carbocycles. The number of carbonyl (C=O) groups excluding carboxylic acids is 2. The van der Waals surface area contributed by atoms with E-state index in [1.807, 2.05) is 12.1 Å². The maximum Gasteiger partial charge on any atom is 0.307 e. The van der Waals surface area contributed by atoms with Crippen molar-refractivity contribution >= 4 is 29.2 Å². The van der Waals surface area contributed by atoms with Crippen molar-refractivity contribution in [1.29, 1.82) is 0 Å². The van der Waals surface area contributed by atoms with E-state index in [2.05, 4.69) is 5.32 Å². The van der Waals surface area contributed by atoms with Gasteiger partial charge in [0, 0.05) is 0 Å². The fourth-order valence-corrected chi connectivity index (χ4v) is 3.59. The molecule has 1 amide bonds. The van der Waals surface area contributed by atoms with Crippen LogP contribution in [0.25, 0.3) is 0 Å². The van der Waals surface area contributed by atoms with Gasteiger partial charge in [-0.25, -0.2) is 0 Å². The molecule has 112 valence electrons. The first-order valence-electron chi connectivity index (χ1n) is 7.38. The fourth-order valence-electron chi connectivity index (χ4n) is 3.41. The Bertz CT molecular complexity index is 566. The van der Waals surface area contributed by atoms with E-state index < -0.39 is 11.5 Å². The molecular weight excluding hydrogens is 290 g/mol. The molecule has 0 radical (unpaired) electrons. The number of amides is 1. The van der Waals surface area contributed by atoms with Crippen LogP contribution in [0.3, 0.4) is 0 Å². The third-order valence-corrected chi connectivity index (χ3v) is 4.80. The Labute approximate surface area is 128 Å². The maximum absolute atomic E-state index is 12.6. The van der Waals surface area contributed by atoms with Crippen molar-refractivity contribution in [2.75, 3.05) is 5.32 Å². The van der Waals surface area contributed by atoms with E-state index in [4.69, 9.17) is 16.3 Å². The fraction of sp³-hybridized carbons (Fsp3) is 0.500.